The van der Waals surface area contributed by atoms with Crippen LogP contribution in [0.3, 0.4) is 0 Å². The maximum Gasteiger partial charge on any atom is 0.317 e. The van der Waals surface area contributed by atoms with Gasteiger partial charge in [0, 0.05) is 5.92 Å². The summed E-state index contributed by atoms with van der Waals surface area (Å²) < 4.78 is 15.9. The summed E-state index contributed by atoms with van der Waals surface area (Å²) in [6.07, 6.45) is 0. The maximum absolute atomic E-state index is 12.6. The number of Topliss-reactive ketones (excluding diaryl/α,β-unsaturated/α-hetero) is 1. The average Bonchev–Trinajstić information content (AvgIpc) is 2.66. The molecule has 0 saturated carbocycles. The van der Waals surface area contributed by atoms with E-state index in [0.717, 1.165) is 11.1 Å². The molecular formula is C21H24O5. The predicted molar refractivity (Wildman–Crippen MR) is 98.4 cm³/mol. The smallest absolute Gasteiger partial charge is 0.317 e. The summed E-state index contributed by atoms with van der Waals surface area (Å²) in [5.74, 6) is -0.840. The number of ketones is 1. The molecule has 0 bridgehead atoms. The first-order chi connectivity index (χ1) is 12.5. The quantitative estimate of drug-likeness (QED) is 0.532. The van der Waals surface area contributed by atoms with Crippen LogP contribution in [0.4, 0.5) is 0 Å². The van der Waals surface area contributed by atoms with Crippen LogP contribution in [-0.2, 0) is 20.9 Å². The Bertz CT molecular complexity index is 754. The molecule has 5 nitrogen and oxygen atoms in total. The van der Waals surface area contributed by atoms with Gasteiger partial charge >= 0.3 is 5.97 Å². The highest BCUT2D eigenvalue weighted by atomic mass is 16.5. The topological polar surface area (TPSA) is 61.8 Å². The Kier molecular flexibility index (Phi) is 6.78. The highest BCUT2D eigenvalue weighted by Crippen LogP contribution is 2.34. The van der Waals surface area contributed by atoms with Gasteiger partial charge in [0.1, 0.15) is 18.3 Å². The van der Waals surface area contributed by atoms with E-state index in [4.69, 9.17) is 14.2 Å². The van der Waals surface area contributed by atoms with Crippen molar-refractivity contribution in [1.82, 2.24) is 0 Å². The summed E-state index contributed by atoms with van der Waals surface area (Å²) in [6, 6.07) is 14.7. The van der Waals surface area contributed by atoms with Gasteiger partial charge in [-0.25, -0.2) is 0 Å². The Hall–Kier alpha value is -2.82. The highest BCUT2D eigenvalue weighted by molar-refractivity contribution is 5.98. The minimum Gasteiger partial charge on any atom is -0.493 e. The first-order valence-corrected chi connectivity index (χ1v) is 8.40. The lowest BCUT2D eigenvalue weighted by atomic mass is 9.85. The lowest BCUT2D eigenvalue weighted by Crippen LogP contribution is -2.29. The van der Waals surface area contributed by atoms with Crippen molar-refractivity contribution in [2.45, 2.75) is 26.4 Å². The number of carbonyl (C=O) groups excluding carboxylic acids is 2. The Morgan fingerprint density at radius 2 is 1.62 bits per heavy atom. The molecule has 0 amide bonds. The Balaban J connectivity index is 2.17. The molecule has 0 fully saturated rings. The third-order valence-electron chi connectivity index (χ3n) is 4.35. The lowest BCUT2D eigenvalue weighted by molar-refractivity contribution is -0.153. The van der Waals surface area contributed by atoms with Crippen molar-refractivity contribution in [3.63, 3.8) is 0 Å². The van der Waals surface area contributed by atoms with Gasteiger partial charge in [0.2, 0.25) is 0 Å². The van der Waals surface area contributed by atoms with E-state index in [1.807, 2.05) is 43.3 Å². The van der Waals surface area contributed by atoms with Gasteiger partial charge in [0.15, 0.2) is 11.5 Å². The average molecular weight is 356 g/mol. The fourth-order valence-electron chi connectivity index (χ4n) is 2.87. The van der Waals surface area contributed by atoms with Crippen LogP contribution >= 0.6 is 0 Å². The molecule has 0 aromatic heterocycles. The SMILES string of the molecule is COc1ccc(C(C)C(C(C)=O)C(=O)OCc2ccccc2)cc1OC. The lowest BCUT2D eigenvalue weighted by Gasteiger charge is -2.21. The molecule has 0 aliphatic carbocycles. The van der Waals surface area contributed by atoms with Gasteiger partial charge in [-0.15, -0.1) is 0 Å². The van der Waals surface area contributed by atoms with Crippen molar-refractivity contribution in [3.05, 3.63) is 59.7 Å². The number of hydrogen-bond donors (Lipinski definition) is 0. The van der Waals surface area contributed by atoms with E-state index in [1.54, 1.807) is 26.4 Å². The van der Waals surface area contributed by atoms with Crippen LogP contribution in [0.2, 0.25) is 0 Å². The summed E-state index contributed by atoms with van der Waals surface area (Å²) in [5, 5.41) is 0. The third kappa shape index (κ3) is 4.63. The number of hydrogen-bond acceptors (Lipinski definition) is 5. The van der Waals surface area contributed by atoms with E-state index in [0.29, 0.717) is 11.5 Å². The summed E-state index contributed by atoms with van der Waals surface area (Å²) >= 11 is 0. The van der Waals surface area contributed by atoms with Crippen LogP contribution in [0, 0.1) is 5.92 Å². The molecule has 0 aliphatic heterocycles. The largest absolute Gasteiger partial charge is 0.493 e. The van der Waals surface area contributed by atoms with Crippen molar-refractivity contribution in [1.29, 1.82) is 0 Å². The summed E-state index contributed by atoms with van der Waals surface area (Å²) in [5.41, 5.74) is 1.68. The standard InChI is InChI=1S/C21H24O5/c1-14(17-10-11-18(24-3)19(12-17)25-4)20(15(2)22)21(23)26-13-16-8-6-5-7-9-16/h5-12,14,20H,13H2,1-4H3. The molecule has 0 saturated heterocycles. The molecule has 0 radical (unpaired) electrons. The van der Waals surface area contributed by atoms with E-state index >= 15 is 0 Å². The Morgan fingerprint density at radius 1 is 0.962 bits per heavy atom. The zero-order valence-corrected chi connectivity index (χ0v) is 15.5. The van der Waals surface area contributed by atoms with Crippen LogP contribution in [0.5, 0.6) is 11.5 Å². The van der Waals surface area contributed by atoms with Gasteiger partial charge in [-0.05, 0) is 30.2 Å². The number of ether oxygens (including phenoxy) is 3. The number of carbonyl (C=O) groups is 2. The second-order valence-electron chi connectivity index (χ2n) is 6.08. The third-order valence-corrected chi connectivity index (χ3v) is 4.35. The molecule has 2 unspecified atom stereocenters. The van der Waals surface area contributed by atoms with Crippen molar-refractivity contribution in [2.75, 3.05) is 14.2 Å². The molecule has 0 aliphatic rings. The highest BCUT2D eigenvalue weighted by Gasteiger charge is 2.32. The van der Waals surface area contributed by atoms with Gasteiger partial charge in [-0.1, -0.05) is 43.3 Å². The van der Waals surface area contributed by atoms with Crippen molar-refractivity contribution in [3.8, 4) is 11.5 Å². The fraction of sp³-hybridized carbons (Fsp3) is 0.333. The van der Waals surface area contributed by atoms with Crippen LogP contribution in [0.15, 0.2) is 48.5 Å². The van der Waals surface area contributed by atoms with Crippen molar-refractivity contribution >= 4 is 11.8 Å². The summed E-state index contributed by atoms with van der Waals surface area (Å²) in [7, 11) is 3.10. The van der Waals surface area contributed by atoms with E-state index in [2.05, 4.69) is 0 Å². The molecule has 26 heavy (non-hydrogen) atoms. The molecule has 2 rings (SSSR count). The van der Waals surface area contributed by atoms with Crippen molar-refractivity contribution in [2.24, 2.45) is 5.92 Å². The summed E-state index contributed by atoms with van der Waals surface area (Å²) in [6.45, 7) is 3.38. The monoisotopic (exact) mass is 356 g/mol. The molecule has 2 aromatic carbocycles. The van der Waals surface area contributed by atoms with Crippen LogP contribution in [0.25, 0.3) is 0 Å². The first-order valence-electron chi connectivity index (χ1n) is 8.40. The first kappa shape index (κ1) is 19.5. The molecule has 0 N–H and O–H groups in total. The maximum atomic E-state index is 12.6. The predicted octanol–water partition coefficient (Wildman–Crippen LogP) is 3.76. The minimum atomic E-state index is -0.878. The normalized spacial score (nSPS) is 12.8. The van der Waals surface area contributed by atoms with E-state index in [9.17, 15) is 9.59 Å². The molecule has 0 heterocycles. The van der Waals surface area contributed by atoms with E-state index in [-0.39, 0.29) is 18.3 Å². The summed E-state index contributed by atoms with van der Waals surface area (Å²) in [4.78, 5) is 24.7. The fourth-order valence-corrected chi connectivity index (χ4v) is 2.87. The van der Waals surface area contributed by atoms with Crippen LogP contribution in [0.1, 0.15) is 30.9 Å². The van der Waals surface area contributed by atoms with Gasteiger partial charge < -0.3 is 14.2 Å². The van der Waals surface area contributed by atoms with Gasteiger partial charge in [-0.2, -0.15) is 0 Å². The minimum absolute atomic E-state index is 0.141. The number of benzene rings is 2. The Labute approximate surface area is 153 Å². The van der Waals surface area contributed by atoms with E-state index < -0.39 is 11.9 Å². The van der Waals surface area contributed by atoms with Gasteiger partial charge in [0.25, 0.3) is 0 Å². The van der Waals surface area contributed by atoms with Gasteiger partial charge in [0.05, 0.1) is 14.2 Å². The second-order valence-corrected chi connectivity index (χ2v) is 6.08. The molecule has 2 atom stereocenters. The van der Waals surface area contributed by atoms with E-state index in [1.165, 1.54) is 6.92 Å². The molecule has 5 heteroatoms. The van der Waals surface area contributed by atoms with Gasteiger partial charge in [-0.3, -0.25) is 9.59 Å². The Morgan fingerprint density at radius 3 is 2.19 bits per heavy atom. The number of methoxy groups -OCH3 is 2. The zero-order chi connectivity index (χ0) is 19.1. The number of esters is 1. The van der Waals surface area contributed by atoms with Crippen molar-refractivity contribution < 1.29 is 23.8 Å². The molecule has 0 spiro atoms. The molecule has 2 aromatic rings. The molecular weight excluding hydrogens is 332 g/mol. The number of rotatable bonds is 8. The van der Waals surface area contributed by atoms with Crippen LogP contribution in [-0.4, -0.2) is 26.0 Å². The molecule has 138 valence electrons. The van der Waals surface area contributed by atoms with Crippen LogP contribution < -0.4 is 9.47 Å². The zero-order valence-electron chi connectivity index (χ0n) is 15.5. The second kappa shape index (κ2) is 9.04.